The van der Waals surface area contributed by atoms with E-state index in [0.717, 1.165) is 11.5 Å². The largest absolute Gasteiger partial charge is 0.445 e. The van der Waals surface area contributed by atoms with E-state index in [9.17, 15) is 4.79 Å². The van der Waals surface area contributed by atoms with Crippen molar-refractivity contribution in [2.45, 2.75) is 32.7 Å². The van der Waals surface area contributed by atoms with Crippen molar-refractivity contribution in [1.29, 1.82) is 0 Å². The average Bonchev–Trinajstić information content (AvgIpc) is 2.58. The average molecular weight is 407 g/mol. The minimum absolute atomic E-state index is 0.144. The van der Waals surface area contributed by atoms with Crippen molar-refractivity contribution in [2.24, 2.45) is 11.7 Å². The summed E-state index contributed by atoms with van der Waals surface area (Å²) in [5, 5.41) is 3.60. The summed E-state index contributed by atoms with van der Waals surface area (Å²) in [6.45, 7) is 11.7. The van der Waals surface area contributed by atoms with Gasteiger partial charge < -0.3 is 15.8 Å². The van der Waals surface area contributed by atoms with Crippen LogP contribution < -0.4 is 11.1 Å². The van der Waals surface area contributed by atoms with Crippen molar-refractivity contribution in [1.82, 2.24) is 0 Å². The molecule has 1 unspecified atom stereocenters. The van der Waals surface area contributed by atoms with Gasteiger partial charge in [-0.25, -0.2) is 4.79 Å². The van der Waals surface area contributed by atoms with Gasteiger partial charge in [-0.2, -0.15) is 0 Å². The number of anilines is 1. The number of nitrogens with two attached hydrogens (primary N) is 1. The monoisotopic (exact) mass is 406 g/mol. The molecular weight excluding hydrogens is 380 g/mol. The Morgan fingerprint density at radius 2 is 2.20 bits per heavy atom. The summed E-state index contributed by atoms with van der Waals surface area (Å²) in [7, 11) is 0. The van der Waals surface area contributed by atoms with Crippen LogP contribution in [-0.4, -0.2) is 18.7 Å². The van der Waals surface area contributed by atoms with Gasteiger partial charge in [0, 0.05) is 16.2 Å². The molecule has 2 atom stereocenters. The fraction of sp³-hybridized carbons (Fsp3) is 0.350. The molecule has 136 valence electrons. The molecule has 1 aliphatic rings. The molecule has 1 aromatic carbocycles. The second-order valence-corrected chi connectivity index (χ2v) is 6.85. The Morgan fingerprint density at radius 3 is 2.76 bits per heavy atom. The number of hydrogen-bond acceptors (Lipinski definition) is 3. The molecule has 1 heterocycles. The van der Waals surface area contributed by atoms with Crippen LogP contribution in [0.2, 0.25) is 0 Å². The van der Waals surface area contributed by atoms with Crippen LogP contribution >= 0.6 is 15.9 Å². The number of nitrogens with one attached hydrogen (secondary N) is 1. The molecule has 0 saturated heterocycles. The topological polar surface area (TPSA) is 64.3 Å². The number of allylic oxidation sites excluding steroid dienone is 2. The van der Waals surface area contributed by atoms with Crippen molar-refractivity contribution in [3.8, 4) is 0 Å². The van der Waals surface area contributed by atoms with Gasteiger partial charge in [0.25, 0.3) is 0 Å². The fourth-order valence-corrected chi connectivity index (χ4v) is 3.10. The zero-order valence-corrected chi connectivity index (χ0v) is 16.5. The number of halogens is 1. The number of rotatable bonds is 5. The van der Waals surface area contributed by atoms with Crippen LogP contribution in [0.4, 0.5) is 10.5 Å². The summed E-state index contributed by atoms with van der Waals surface area (Å²) >= 11 is 3.51. The maximum atomic E-state index is 10.1. The highest BCUT2D eigenvalue weighted by Gasteiger charge is 2.22. The van der Waals surface area contributed by atoms with Crippen molar-refractivity contribution in [3.63, 3.8) is 0 Å². The summed E-state index contributed by atoms with van der Waals surface area (Å²) < 4.78 is 5.68. The molecular formula is C20H27BrN2O2. The van der Waals surface area contributed by atoms with E-state index in [1.165, 1.54) is 28.6 Å². The number of primary amides is 1. The van der Waals surface area contributed by atoms with Gasteiger partial charge in [-0.1, -0.05) is 61.2 Å². The first kappa shape index (κ1) is 21.0. The molecule has 0 saturated carbocycles. The molecule has 0 radical (unpaired) electrons. The van der Waals surface area contributed by atoms with E-state index in [1.807, 2.05) is 0 Å². The standard InChI is InChI=1S/C12H16BrN.C8H11NO2/c1-3-11-8(2)6-9-7-10(13)4-5-12(9)14-11;1-3-5-7(4-2)6-11-8(9)10/h4-5,7-8,11,14H,3,6H2,1-2H3;3-5H,1-2,6H2,(H2,9,10)/b;7-5+/t8?,11-;/m0./s1. The Bertz CT molecular complexity index is 641. The number of carbonyl (C=O) groups is 1. The summed E-state index contributed by atoms with van der Waals surface area (Å²) in [6, 6.07) is 7.15. The number of benzene rings is 1. The summed E-state index contributed by atoms with van der Waals surface area (Å²) in [5.74, 6) is 0.738. The van der Waals surface area contributed by atoms with Crippen molar-refractivity contribution < 1.29 is 9.53 Å². The Hall–Kier alpha value is -2.01. The third-order valence-electron chi connectivity index (χ3n) is 4.05. The minimum Gasteiger partial charge on any atom is -0.445 e. The molecule has 0 aliphatic carbocycles. The number of fused-ring (bicyclic) bond motifs is 1. The SMILES string of the molecule is C=C/C=C(\C=C)COC(N)=O.CC[C@@H]1Nc2ccc(Br)cc2CC1C. The van der Waals surface area contributed by atoms with Crippen LogP contribution in [0, 0.1) is 5.92 Å². The van der Waals surface area contributed by atoms with E-state index in [2.05, 4.69) is 71.2 Å². The Labute approximate surface area is 159 Å². The lowest BCUT2D eigenvalue weighted by Gasteiger charge is -2.32. The Kier molecular flexibility index (Phi) is 9.06. The van der Waals surface area contributed by atoms with Gasteiger partial charge in [-0.3, -0.25) is 0 Å². The van der Waals surface area contributed by atoms with Crippen molar-refractivity contribution in [2.75, 3.05) is 11.9 Å². The lowest BCUT2D eigenvalue weighted by Crippen LogP contribution is -2.32. The van der Waals surface area contributed by atoms with Gasteiger partial charge in [0.2, 0.25) is 0 Å². The highest BCUT2D eigenvalue weighted by molar-refractivity contribution is 9.10. The van der Waals surface area contributed by atoms with Crippen LogP contribution in [0.25, 0.3) is 0 Å². The van der Waals surface area contributed by atoms with E-state index in [-0.39, 0.29) is 6.61 Å². The van der Waals surface area contributed by atoms with E-state index in [0.29, 0.717) is 6.04 Å². The first-order chi connectivity index (χ1) is 11.9. The van der Waals surface area contributed by atoms with E-state index in [1.54, 1.807) is 18.2 Å². The van der Waals surface area contributed by atoms with E-state index >= 15 is 0 Å². The second kappa shape index (κ2) is 10.8. The molecule has 25 heavy (non-hydrogen) atoms. The summed E-state index contributed by atoms with van der Waals surface area (Å²) in [5.41, 5.74) is 8.26. The molecule has 1 aliphatic heterocycles. The number of carbonyl (C=O) groups excluding carboxylic acids is 1. The van der Waals surface area contributed by atoms with Crippen LogP contribution in [0.3, 0.4) is 0 Å². The normalized spacial score (nSPS) is 18.8. The smallest absolute Gasteiger partial charge is 0.404 e. The zero-order chi connectivity index (χ0) is 18.8. The predicted octanol–water partition coefficient (Wildman–Crippen LogP) is 5.21. The van der Waals surface area contributed by atoms with Gasteiger partial charge in [0.05, 0.1) is 0 Å². The summed E-state index contributed by atoms with van der Waals surface area (Å²) in [6.07, 6.45) is 6.46. The Balaban J connectivity index is 0.000000260. The predicted molar refractivity (Wildman–Crippen MR) is 109 cm³/mol. The first-order valence-corrected chi connectivity index (χ1v) is 9.11. The van der Waals surface area contributed by atoms with Gasteiger partial charge in [-0.05, 0) is 48.1 Å². The van der Waals surface area contributed by atoms with Crippen molar-refractivity contribution in [3.05, 3.63) is 65.2 Å². The highest BCUT2D eigenvalue weighted by atomic mass is 79.9. The molecule has 3 N–H and O–H groups in total. The third-order valence-corrected chi connectivity index (χ3v) is 4.55. The molecule has 4 nitrogen and oxygen atoms in total. The number of hydrogen-bond donors (Lipinski definition) is 2. The van der Waals surface area contributed by atoms with Crippen LogP contribution in [-0.2, 0) is 11.2 Å². The molecule has 0 aromatic heterocycles. The quantitative estimate of drug-likeness (QED) is 0.659. The van der Waals surface area contributed by atoms with Gasteiger partial charge in [0.15, 0.2) is 0 Å². The van der Waals surface area contributed by atoms with E-state index in [4.69, 9.17) is 5.73 Å². The Morgan fingerprint density at radius 1 is 1.48 bits per heavy atom. The molecule has 0 spiro atoms. The lowest BCUT2D eigenvalue weighted by molar-refractivity contribution is 0.167. The van der Waals surface area contributed by atoms with Gasteiger partial charge in [0.1, 0.15) is 6.61 Å². The summed E-state index contributed by atoms with van der Waals surface area (Å²) in [4.78, 5) is 10.1. The van der Waals surface area contributed by atoms with Gasteiger partial charge >= 0.3 is 6.09 Å². The van der Waals surface area contributed by atoms with E-state index < -0.39 is 6.09 Å². The molecule has 1 amide bonds. The number of ether oxygens (including phenoxy) is 1. The molecule has 2 rings (SSSR count). The first-order valence-electron chi connectivity index (χ1n) is 8.32. The number of amides is 1. The molecule has 1 aromatic rings. The van der Waals surface area contributed by atoms with Crippen LogP contribution in [0.15, 0.2) is 59.6 Å². The maximum absolute atomic E-state index is 10.1. The second-order valence-electron chi connectivity index (χ2n) is 5.93. The molecule has 0 fully saturated rings. The minimum atomic E-state index is -0.790. The zero-order valence-electron chi connectivity index (χ0n) is 14.9. The lowest BCUT2D eigenvalue weighted by atomic mass is 9.87. The fourth-order valence-electron chi connectivity index (χ4n) is 2.69. The van der Waals surface area contributed by atoms with Crippen LogP contribution in [0.1, 0.15) is 25.8 Å². The molecule has 0 bridgehead atoms. The van der Waals surface area contributed by atoms with Gasteiger partial charge in [-0.15, -0.1) is 0 Å². The maximum Gasteiger partial charge on any atom is 0.404 e. The van der Waals surface area contributed by atoms with Crippen molar-refractivity contribution >= 4 is 27.7 Å². The highest BCUT2D eigenvalue weighted by Crippen LogP contribution is 2.31. The molecule has 5 heteroatoms. The van der Waals surface area contributed by atoms with Crippen LogP contribution in [0.5, 0.6) is 0 Å². The third kappa shape index (κ3) is 7.18.